The number of halogens is 1. The van der Waals surface area contributed by atoms with E-state index in [9.17, 15) is 10.2 Å². The Kier molecular flexibility index (Phi) is 4.57. The Bertz CT molecular complexity index is 285. The van der Waals surface area contributed by atoms with Gasteiger partial charge in [-0.05, 0) is 33.3 Å². The number of hydrogen-bond donors (Lipinski definition) is 2. The molecule has 2 nitrogen and oxygen atoms in total. The summed E-state index contributed by atoms with van der Waals surface area (Å²) in [5.41, 5.74) is 0. The molecule has 14 heavy (non-hydrogen) atoms. The molecule has 80 valence electrons. The minimum atomic E-state index is -0.676. The third-order valence-corrected chi connectivity index (χ3v) is 4.11. The van der Waals surface area contributed by atoms with Crippen molar-refractivity contribution in [3.63, 3.8) is 0 Å². The Labute approximate surface area is 96.7 Å². The molecule has 0 aromatic carbocycles. The van der Waals surface area contributed by atoms with Gasteiger partial charge in [-0.3, -0.25) is 0 Å². The van der Waals surface area contributed by atoms with Crippen LogP contribution in [-0.4, -0.2) is 22.4 Å². The van der Waals surface area contributed by atoms with E-state index >= 15 is 0 Å². The number of aliphatic hydroxyl groups is 2. The van der Waals surface area contributed by atoms with Gasteiger partial charge in [0.2, 0.25) is 0 Å². The third kappa shape index (κ3) is 3.05. The van der Waals surface area contributed by atoms with Gasteiger partial charge in [0.25, 0.3) is 0 Å². The zero-order valence-corrected chi connectivity index (χ0v) is 10.7. The van der Waals surface area contributed by atoms with E-state index in [2.05, 4.69) is 15.9 Å². The Morgan fingerprint density at radius 3 is 2.50 bits per heavy atom. The van der Waals surface area contributed by atoms with E-state index in [0.29, 0.717) is 6.42 Å². The molecule has 1 aromatic rings. The molecule has 0 fully saturated rings. The summed E-state index contributed by atoms with van der Waals surface area (Å²) >= 11 is 4.99. The lowest BCUT2D eigenvalue weighted by atomic mass is 9.99. The van der Waals surface area contributed by atoms with Crippen LogP contribution >= 0.6 is 27.3 Å². The molecule has 0 aliphatic carbocycles. The first-order valence-corrected chi connectivity index (χ1v) is 6.27. The number of aliphatic hydroxyl groups excluding tert-OH is 2. The second-order valence-corrected chi connectivity index (χ2v) is 5.55. The summed E-state index contributed by atoms with van der Waals surface area (Å²) in [6.45, 7) is 3.80. The number of hydrogen-bond acceptors (Lipinski definition) is 3. The van der Waals surface area contributed by atoms with Crippen LogP contribution in [0.25, 0.3) is 0 Å². The molecule has 2 unspecified atom stereocenters. The maximum atomic E-state index is 9.72. The first kappa shape index (κ1) is 12.2. The molecular formula is C10H15BrO2S. The van der Waals surface area contributed by atoms with Gasteiger partial charge in [0.1, 0.15) is 0 Å². The van der Waals surface area contributed by atoms with Gasteiger partial charge >= 0.3 is 0 Å². The van der Waals surface area contributed by atoms with Gasteiger partial charge in [0, 0.05) is 15.8 Å². The van der Waals surface area contributed by atoms with Crippen molar-refractivity contribution in [3.8, 4) is 0 Å². The average Bonchev–Trinajstić information content (AvgIpc) is 2.50. The molecule has 0 spiro atoms. The highest BCUT2D eigenvalue weighted by molar-refractivity contribution is 9.10. The minimum Gasteiger partial charge on any atom is -0.390 e. The van der Waals surface area contributed by atoms with E-state index in [1.165, 1.54) is 0 Å². The van der Waals surface area contributed by atoms with E-state index in [1.54, 1.807) is 11.3 Å². The van der Waals surface area contributed by atoms with Crippen LogP contribution in [0.4, 0.5) is 0 Å². The number of rotatable bonds is 4. The van der Waals surface area contributed by atoms with Crippen molar-refractivity contribution in [2.75, 3.05) is 0 Å². The molecule has 0 radical (unpaired) electrons. The highest BCUT2D eigenvalue weighted by Crippen LogP contribution is 2.25. The summed E-state index contributed by atoms with van der Waals surface area (Å²) in [5, 5.41) is 21.3. The zero-order chi connectivity index (χ0) is 10.7. The van der Waals surface area contributed by atoms with Crippen LogP contribution in [0.2, 0.25) is 0 Å². The zero-order valence-electron chi connectivity index (χ0n) is 8.27. The fourth-order valence-corrected chi connectivity index (χ4v) is 2.79. The summed E-state index contributed by atoms with van der Waals surface area (Å²) in [6.07, 6.45) is -0.814. The molecule has 0 aliphatic rings. The van der Waals surface area contributed by atoms with Crippen LogP contribution in [0.3, 0.4) is 0 Å². The molecule has 1 heterocycles. The van der Waals surface area contributed by atoms with E-state index in [0.717, 1.165) is 9.35 Å². The van der Waals surface area contributed by atoms with Crippen molar-refractivity contribution >= 4 is 27.3 Å². The summed E-state index contributed by atoms with van der Waals surface area (Å²) < 4.78 is 1.01. The maximum Gasteiger partial charge on any atom is 0.0850 e. The van der Waals surface area contributed by atoms with Gasteiger partial charge in [-0.1, -0.05) is 13.8 Å². The molecule has 0 amide bonds. The van der Waals surface area contributed by atoms with Gasteiger partial charge in [-0.25, -0.2) is 0 Å². The number of thiophene rings is 1. The largest absolute Gasteiger partial charge is 0.390 e. The van der Waals surface area contributed by atoms with E-state index in [-0.39, 0.29) is 5.92 Å². The SMILES string of the molecule is CC(C)C(O)C(O)Cc1sccc1Br. The fourth-order valence-electron chi connectivity index (χ4n) is 1.23. The minimum absolute atomic E-state index is 0.0868. The van der Waals surface area contributed by atoms with Crippen molar-refractivity contribution in [2.45, 2.75) is 32.5 Å². The van der Waals surface area contributed by atoms with E-state index in [4.69, 9.17) is 0 Å². The van der Waals surface area contributed by atoms with Gasteiger partial charge in [0.05, 0.1) is 12.2 Å². The van der Waals surface area contributed by atoms with Crippen LogP contribution in [0.5, 0.6) is 0 Å². The standard InChI is InChI=1S/C10H15BrO2S/c1-6(2)10(13)8(12)5-9-7(11)3-4-14-9/h3-4,6,8,10,12-13H,5H2,1-2H3. The lowest BCUT2D eigenvalue weighted by Gasteiger charge is -2.20. The van der Waals surface area contributed by atoms with Gasteiger partial charge in [0.15, 0.2) is 0 Å². The van der Waals surface area contributed by atoms with Gasteiger partial charge in [-0.15, -0.1) is 11.3 Å². The van der Waals surface area contributed by atoms with Crippen LogP contribution in [0.15, 0.2) is 15.9 Å². The molecule has 1 aromatic heterocycles. The predicted octanol–water partition coefficient (Wildman–Crippen LogP) is 2.43. The normalized spacial score (nSPS) is 15.9. The Morgan fingerprint density at radius 2 is 2.07 bits per heavy atom. The van der Waals surface area contributed by atoms with Crippen molar-refractivity contribution < 1.29 is 10.2 Å². The monoisotopic (exact) mass is 278 g/mol. The summed E-state index contributed by atoms with van der Waals surface area (Å²) in [4.78, 5) is 1.08. The molecule has 2 atom stereocenters. The van der Waals surface area contributed by atoms with Crippen molar-refractivity contribution in [1.29, 1.82) is 0 Å². The molecule has 0 saturated heterocycles. The predicted molar refractivity (Wildman–Crippen MR) is 62.6 cm³/mol. The summed E-state index contributed by atoms with van der Waals surface area (Å²) in [7, 11) is 0. The molecule has 4 heteroatoms. The Morgan fingerprint density at radius 1 is 1.43 bits per heavy atom. The van der Waals surface area contributed by atoms with E-state index in [1.807, 2.05) is 25.3 Å². The lowest BCUT2D eigenvalue weighted by molar-refractivity contribution is -0.00698. The van der Waals surface area contributed by atoms with Crippen LogP contribution in [0.1, 0.15) is 18.7 Å². The average molecular weight is 279 g/mol. The lowest BCUT2D eigenvalue weighted by Crippen LogP contribution is -2.32. The molecule has 1 rings (SSSR count). The second kappa shape index (κ2) is 5.26. The van der Waals surface area contributed by atoms with Gasteiger partial charge in [-0.2, -0.15) is 0 Å². The smallest absolute Gasteiger partial charge is 0.0850 e. The molecule has 0 aliphatic heterocycles. The van der Waals surface area contributed by atoms with Crippen molar-refractivity contribution in [3.05, 3.63) is 20.8 Å². The van der Waals surface area contributed by atoms with Crippen molar-refractivity contribution in [2.24, 2.45) is 5.92 Å². The van der Waals surface area contributed by atoms with Gasteiger partial charge < -0.3 is 10.2 Å². The van der Waals surface area contributed by atoms with Crippen LogP contribution < -0.4 is 0 Å². The topological polar surface area (TPSA) is 40.5 Å². The van der Waals surface area contributed by atoms with Crippen LogP contribution in [0, 0.1) is 5.92 Å². The second-order valence-electron chi connectivity index (χ2n) is 3.70. The highest BCUT2D eigenvalue weighted by Gasteiger charge is 2.21. The Balaban J connectivity index is 2.57. The molecular weight excluding hydrogens is 264 g/mol. The van der Waals surface area contributed by atoms with E-state index < -0.39 is 12.2 Å². The quantitative estimate of drug-likeness (QED) is 0.888. The third-order valence-electron chi connectivity index (χ3n) is 2.16. The van der Waals surface area contributed by atoms with Crippen LogP contribution in [-0.2, 0) is 6.42 Å². The summed E-state index contributed by atoms with van der Waals surface area (Å²) in [5.74, 6) is 0.0868. The Hall–Kier alpha value is 0.100. The summed E-state index contributed by atoms with van der Waals surface area (Å²) in [6, 6.07) is 1.95. The van der Waals surface area contributed by atoms with Crippen molar-refractivity contribution in [1.82, 2.24) is 0 Å². The molecule has 2 N–H and O–H groups in total. The fraction of sp³-hybridized carbons (Fsp3) is 0.600. The molecule has 0 saturated carbocycles. The maximum absolute atomic E-state index is 9.72. The first-order chi connectivity index (χ1) is 6.52. The first-order valence-electron chi connectivity index (χ1n) is 4.60. The highest BCUT2D eigenvalue weighted by atomic mass is 79.9. The molecule has 0 bridgehead atoms.